The van der Waals surface area contributed by atoms with Crippen LogP contribution in [0.5, 0.6) is 0 Å². The lowest BCUT2D eigenvalue weighted by molar-refractivity contribution is -0.133. The number of piperidine rings is 1. The molecule has 0 bridgehead atoms. The highest BCUT2D eigenvalue weighted by atomic mass is 16.2. The molecule has 132 valence electrons. The number of amides is 3. The van der Waals surface area contributed by atoms with E-state index in [0.717, 1.165) is 38.5 Å². The number of nitrogens with zero attached hydrogens (tertiary/aromatic N) is 1. The van der Waals surface area contributed by atoms with E-state index >= 15 is 0 Å². The lowest BCUT2D eigenvalue weighted by Gasteiger charge is -2.34. The number of carbonyl (C=O) groups excluding carboxylic acids is 2. The van der Waals surface area contributed by atoms with Crippen molar-refractivity contribution in [3.63, 3.8) is 0 Å². The third-order valence-electron chi connectivity index (χ3n) is 5.00. The molecule has 1 atom stereocenters. The first-order valence-corrected chi connectivity index (χ1v) is 9.21. The second kappa shape index (κ2) is 9.11. The number of likely N-dealkylation sites (tertiary alicyclic amines) is 1. The van der Waals surface area contributed by atoms with Crippen LogP contribution in [-0.4, -0.2) is 48.1 Å². The second-order valence-corrected chi connectivity index (χ2v) is 6.95. The first kappa shape index (κ1) is 18.0. The minimum atomic E-state index is -0.376. The zero-order valence-corrected chi connectivity index (χ0v) is 14.4. The van der Waals surface area contributed by atoms with Gasteiger partial charge in [-0.1, -0.05) is 32.6 Å². The molecule has 23 heavy (non-hydrogen) atoms. The molecule has 0 aromatic carbocycles. The normalized spacial score (nSPS) is 21.7. The van der Waals surface area contributed by atoms with Crippen LogP contribution in [0.15, 0.2) is 0 Å². The predicted octanol–water partition coefficient (Wildman–Crippen LogP) is 1.74. The number of carbonyl (C=O) groups is 2. The van der Waals surface area contributed by atoms with Crippen molar-refractivity contribution >= 4 is 11.9 Å². The highest BCUT2D eigenvalue weighted by Gasteiger charge is 2.27. The van der Waals surface area contributed by atoms with Gasteiger partial charge in [0.25, 0.3) is 0 Å². The third-order valence-corrected chi connectivity index (χ3v) is 5.00. The molecule has 6 nitrogen and oxygen atoms in total. The number of nitrogens with two attached hydrogens (primary N) is 1. The minimum absolute atomic E-state index is 0.0515. The molecule has 0 radical (unpaired) electrons. The number of urea groups is 1. The highest BCUT2D eigenvalue weighted by molar-refractivity contribution is 5.81. The first-order chi connectivity index (χ1) is 11.1. The predicted molar refractivity (Wildman–Crippen MR) is 91.0 cm³/mol. The largest absolute Gasteiger partial charge is 0.341 e. The van der Waals surface area contributed by atoms with Gasteiger partial charge in [0.05, 0.1) is 6.04 Å². The van der Waals surface area contributed by atoms with Gasteiger partial charge in [-0.05, 0) is 32.1 Å². The van der Waals surface area contributed by atoms with E-state index in [2.05, 4.69) is 10.6 Å². The molecule has 1 saturated heterocycles. The Morgan fingerprint density at radius 2 is 1.61 bits per heavy atom. The van der Waals surface area contributed by atoms with Crippen molar-refractivity contribution < 1.29 is 9.59 Å². The van der Waals surface area contributed by atoms with Gasteiger partial charge in [-0.3, -0.25) is 4.79 Å². The Morgan fingerprint density at radius 1 is 1.04 bits per heavy atom. The van der Waals surface area contributed by atoms with Crippen LogP contribution in [0.25, 0.3) is 0 Å². The fourth-order valence-electron chi connectivity index (χ4n) is 3.57. The Balaban J connectivity index is 1.67. The zero-order valence-electron chi connectivity index (χ0n) is 14.4. The van der Waals surface area contributed by atoms with Crippen LogP contribution in [0.1, 0.15) is 64.7 Å². The molecule has 6 heteroatoms. The Bertz CT molecular complexity index is 388. The van der Waals surface area contributed by atoms with Gasteiger partial charge in [-0.15, -0.1) is 0 Å². The van der Waals surface area contributed by atoms with E-state index in [1.165, 1.54) is 19.3 Å². The topological polar surface area (TPSA) is 87.5 Å². The van der Waals surface area contributed by atoms with Gasteiger partial charge >= 0.3 is 6.03 Å². The molecule has 2 aliphatic rings. The summed E-state index contributed by atoms with van der Waals surface area (Å²) in [5, 5.41) is 6.15. The van der Waals surface area contributed by atoms with E-state index in [9.17, 15) is 9.59 Å². The van der Waals surface area contributed by atoms with Crippen molar-refractivity contribution in [2.45, 2.75) is 82.8 Å². The van der Waals surface area contributed by atoms with E-state index in [0.29, 0.717) is 19.1 Å². The molecule has 1 aliphatic carbocycles. The fourth-order valence-corrected chi connectivity index (χ4v) is 3.57. The van der Waals surface area contributed by atoms with Gasteiger partial charge < -0.3 is 21.3 Å². The van der Waals surface area contributed by atoms with Gasteiger partial charge in [0.2, 0.25) is 5.91 Å². The number of nitrogens with one attached hydrogen (secondary N) is 2. The van der Waals surface area contributed by atoms with Gasteiger partial charge in [0, 0.05) is 25.2 Å². The summed E-state index contributed by atoms with van der Waals surface area (Å²) in [6.45, 7) is 3.41. The molecule has 1 unspecified atom stereocenters. The summed E-state index contributed by atoms with van der Waals surface area (Å²) in [7, 11) is 0. The molecule has 0 spiro atoms. The van der Waals surface area contributed by atoms with E-state index in [4.69, 9.17) is 5.73 Å². The van der Waals surface area contributed by atoms with Gasteiger partial charge in [0.15, 0.2) is 0 Å². The highest BCUT2D eigenvalue weighted by Crippen LogP contribution is 2.17. The fraction of sp³-hybridized carbons (Fsp3) is 0.882. The quantitative estimate of drug-likeness (QED) is 0.720. The zero-order chi connectivity index (χ0) is 16.7. The SMILES string of the molecule is CCCC(N)C(=O)N1CCC(NC(=O)NC2CCCCC2)CC1. The molecular weight excluding hydrogens is 292 g/mol. The van der Waals surface area contributed by atoms with Crippen LogP contribution in [-0.2, 0) is 4.79 Å². The summed E-state index contributed by atoms with van der Waals surface area (Å²) in [5.74, 6) is 0.0527. The Morgan fingerprint density at radius 3 is 2.17 bits per heavy atom. The molecule has 1 saturated carbocycles. The Kier molecular flexibility index (Phi) is 7.15. The Labute approximate surface area is 139 Å². The van der Waals surface area contributed by atoms with Crippen molar-refractivity contribution in [3.05, 3.63) is 0 Å². The van der Waals surface area contributed by atoms with Crippen LogP contribution in [0.3, 0.4) is 0 Å². The lowest BCUT2D eigenvalue weighted by Crippen LogP contribution is -2.53. The van der Waals surface area contributed by atoms with Gasteiger partial charge in [0.1, 0.15) is 0 Å². The minimum Gasteiger partial charge on any atom is -0.341 e. The molecule has 1 aliphatic heterocycles. The van der Waals surface area contributed by atoms with Crippen LogP contribution in [0.4, 0.5) is 4.79 Å². The number of hydrogen-bond donors (Lipinski definition) is 3. The maximum atomic E-state index is 12.2. The van der Waals surface area contributed by atoms with E-state index < -0.39 is 0 Å². The van der Waals surface area contributed by atoms with Crippen LogP contribution < -0.4 is 16.4 Å². The summed E-state index contributed by atoms with van der Waals surface area (Å²) in [4.78, 5) is 26.1. The van der Waals surface area contributed by atoms with Crippen molar-refractivity contribution in [2.24, 2.45) is 5.73 Å². The van der Waals surface area contributed by atoms with Gasteiger partial charge in [-0.2, -0.15) is 0 Å². The molecule has 4 N–H and O–H groups in total. The van der Waals surface area contributed by atoms with Gasteiger partial charge in [-0.25, -0.2) is 4.79 Å². The van der Waals surface area contributed by atoms with Crippen molar-refractivity contribution in [2.75, 3.05) is 13.1 Å². The molecule has 3 amide bonds. The van der Waals surface area contributed by atoms with E-state index in [1.807, 2.05) is 11.8 Å². The molecule has 2 fully saturated rings. The molecule has 1 heterocycles. The van der Waals surface area contributed by atoms with Crippen LogP contribution in [0, 0.1) is 0 Å². The average molecular weight is 324 g/mol. The number of rotatable bonds is 5. The standard InChI is InChI=1S/C17H32N4O2/c1-2-6-15(18)16(22)21-11-9-14(10-12-21)20-17(23)19-13-7-4-3-5-8-13/h13-15H,2-12,18H2,1H3,(H2,19,20,23). The van der Waals surface area contributed by atoms with Crippen molar-refractivity contribution in [1.82, 2.24) is 15.5 Å². The summed E-state index contributed by atoms with van der Waals surface area (Å²) in [5.41, 5.74) is 5.91. The number of hydrogen-bond acceptors (Lipinski definition) is 3. The summed E-state index contributed by atoms with van der Waals surface area (Å²) in [6, 6.07) is 0.0611. The summed E-state index contributed by atoms with van der Waals surface area (Å²) < 4.78 is 0. The van der Waals surface area contributed by atoms with E-state index in [-0.39, 0.29) is 24.0 Å². The van der Waals surface area contributed by atoms with Crippen LogP contribution in [0.2, 0.25) is 0 Å². The average Bonchev–Trinajstić information content (AvgIpc) is 2.56. The second-order valence-electron chi connectivity index (χ2n) is 6.95. The maximum absolute atomic E-state index is 12.2. The molecule has 0 aromatic heterocycles. The van der Waals surface area contributed by atoms with E-state index in [1.54, 1.807) is 0 Å². The summed E-state index contributed by atoms with van der Waals surface area (Å²) in [6.07, 6.45) is 9.17. The summed E-state index contributed by atoms with van der Waals surface area (Å²) >= 11 is 0. The van der Waals surface area contributed by atoms with Crippen molar-refractivity contribution in [3.8, 4) is 0 Å². The molecular formula is C17H32N4O2. The molecule has 0 aromatic rings. The maximum Gasteiger partial charge on any atom is 0.315 e. The first-order valence-electron chi connectivity index (χ1n) is 9.21. The Hall–Kier alpha value is -1.30. The van der Waals surface area contributed by atoms with Crippen LogP contribution >= 0.6 is 0 Å². The lowest BCUT2D eigenvalue weighted by atomic mass is 9.96. The smallest absolute Gasteiger partial charge is 0.315 e. The monoisotopic (exact) mass is 324 g/mol. The van der Waals surface area contributed by atoms with Crippen molar-refractivity contribution in [1.29, 1.82) is 0 Å². The molecule has 2 rings (SSSR count). The third kappa shape index (κ3) is 5.68.